The van der Waals surface area contributed by atoms with E-state index in [1.807, 2.05) is 41.5 Å². The summed E-state index contributed by atoms with van der Waals surface area (Å²) in [5, 5.41) is 0. The zero-order valence-corrected chi connectivity index (χ0v) is 9.41. The molecule has 3 radical (unpaired) electrons. The molecule has 3 heteroatoms. The van der Waals surface area contributed by atoms with Crippen LogP contribution in [0.1, 0.15) is 41.5 Å². The molecule has 0 saturated carbocycles. The summed E-state index contributed by atoms with van der Waals surface area (Å²) in [6.45, 7) is 12.0. The third-order valence-electron chi connectivity index (χ3n) is 0. The first-order valence-electron chi connectivity index (χ1n) is 3.00. The van der Waals surface area contributed by atoms with E-state index in [1.165, 1.54) is 0 Å². The van der Waals surface area contributed by atoms with Gasteiger partial charge in [0, 0.05) is 8.41 Å². The maximum Gasteiger partial charge on any atom is 0 e. The molecule has 3 N–H and O–H groups in total. The molecular weight excluding hydrogens is 128 g/mol. The maximum absolute atomic E-state index is 2.00. The fourth-order valence-corrected chi connectivity index (χ4v) is 0. The van der Waals surface area contributed by atoms with E-state index >= 15 is 0 Å². The molecule has 0 aliphatic carbocycles. The summed E-state index contributed by atoms with van der Waals surface area (Å²) in [5.74, 6) is 0. The number of rotatable bonds is 0. The van der Waals surface area contributed by atoms with Gasteiger partial charge in [0.1, 0.15) is 0 Å². The van der Waals surface area contributed by atoms with Gasteiger partial charge >= 0.3 is 0 Å². The fourth-order valence-electron chi connectivity index (χ4n) is 0. The lowest BCUT2D eigenvalue weighted by Gasteiger charge is -1.07. The second kappa shape index (κ2) is 2270. The SMILES string of the molecule is CC.CC.CC.N.P.[B]. The van der Waals surface area contributed by atoms with E-state index in [-0.39, 0.29) is 24.5 Å². The van der Waals surface area contributed by atoms with E-state index < -0.39 is 0 Å². The summed E-state index contributed by atoms with van der Waals surface area (Å²) in [7, 11) is 0. The van der Waals surface area contributed by atoms with Crippen LogP contribution in [0.5, 0.6) is 0 Å². The molecule has 0 aromatic heterocycles. The van der Waals surface area contributed by atoms with Gasteiger partial charge in [0.15, 0.2) is 0 Å². The zero-order chi connectivity index (χ0) is 6.00. The molecule has 0 spiro atoms. The highest BCUT2D eigenvalue weighted by Gasteiger charge is 0.936. The van der Waals surface area contributed by atoms with Gasteiger partial charge in [-0.1, -0.05) is 41.5 Å². The molecule has 1 nitrogen and oxygen atoms in total. The highest BCUT2D eigenvalue weighted by Crippen LogP contribution is 1.15. The molecule has 0 rings (SSSR count). The van der Waals surface area contributed by atoms with Crippen molar-refractivity contribution in [2.24, 2.45) is 0 Å². The van der Waals surface area contributed by atoms with Gasteiger partial charge in [0.2, 0.25) is 0 Å². The van der Waals surface area contributed by atoms with Crippen molar-refractivity contribution in [3.05, 3.63) is 0 Å². The molecule has 0 aromatic rings. The van der Waals surface area contributed by atoms with E-state index in [2.05, 4.69) is 0 Å². The summed E-state index contributed by atoms with van der Waals surface area (Å²) < 4.78 is 0. The molecule has 61 valence electrons. The van der Waals surface area contributed by atoms with E-state index in [1.54, 1.807) is 0 Å². The van der Waals surface area contributed by atoms with Gasteiger partial charge in [-0.3, -0.25) is 0 Å². The summed E-state index contributed by atoms with van der Waals surface area (Å²) in [6, 6.07) is 0. The third-order valence-corrected chi connectivity index (χ3v) is 0. The van der Waals surface area contributed by atoms with Crippen LogP contribution in [0.25, 0.3) is 0 Å². The van der Waals surface area contributed by atoms with Crippen LogP contribution in [0.3, 0.4) is 0 Å². The first-order chi connectivity index (χ1) is 3.00. The molecule has 0 aromatic carbocycles. The molecule has 0 fully saturated rings. The van der Waals surface area contributed by atoms with E-state index in [4.69, 9.17) is 0 Å². The molecule has 0 aliphatic rings. The number of hydrogen-bond acceptors (Lipinski definition) is 1. The Bertz CT molecular complexity index is 13.0. The topological polar surface area (TPSA) is 35.0 Å². The molecule has 1 unspecified atom stereocenters. The van der Waals surface area contributed by atoms with Crippen LogP contribution in [0.4, 0.5) is 0 Å². The Morgan fingerprint density at radius 3 is 0.556 bits per heavy atom. The Hall–Kier alpha value is 0.455. The van der Waals surface area contributed by atoms with Gasteiger partial charge in [-0.05, 0) is 0 Å². The normalized spacial score (nSPS) is 2.00. The average Bonchev–Trinajstić information content (AvgIpc) is 1.81. The Labute approximate surface area is 66.8 Å². The van der Waals surface area contributed by atoms with Crippen LogP contribution in [-0.2, 0) is 0 Å². The van der Waals surface area contributed by atoms with Gasteiger partial charge in [-0.25, -0.2) is 0 Å². The van der Waals surface area contributed by atoms with Gasteiger partial charge in [-0.15, -0.1) is 0 Å². The van der Waals surface area contributed by atoms with Crippen LogP contribution in [0.15, 0.2) is 0 Å². The van der Waals surface area contributed by atoms with E-state index in [9.17, 15) is 0 Å². The average molecular weight is 152 g/mol. The molecule has 0 saturated heterocycles. The molecule has 0 bridgehead atoms. The van der Waals surface area contributed by atoms with Crippen molar-refractivity contribution in [3.63, 3.8) is 0 Å². The third kappa shape index (κ3) is 1700. The largest absolute Gasteiger partial charge is 0.344 e. The maximum atomic E-state index is 2.00. The summed E-state index contributed by atoms with van der Waals surface area (Å²) >= 11 is 0. The van der Waals surface area contributed by atoms with Crippen LogP contribution in [0, 0.1) is 0 Å². The van der Waals surface area contributed by atoms with Crippen molar-refractivity contribution in [2.75, 3.05) is 0 Å². The molecule has 0 aliphatic heterocycles. The van der Waals surface area contributed by atoms with Crippen LogP contribution < -0.4 is 6.15 Å². The van der Waals surface area contributed by atoms with Gasteiger partial charge < -0.3 is 6.15 Å². The predicted molar refractivity (Wildman–Crippen MR) is 55.9 cm³/mol. The lowest BCUT2D eigenvalue weighted by atomic mass is 10.8. The fraction of sp³-hybridized carbons (Fsp3) is 1.00. The van der Waals surface area contributed by atoms with E-state index in [0.29, 0.717) is 0 Å². The second-order valence-electron chi connectivity index (χ2n) is 0. The first kappa shape index (κ1) is 56.6. The van der Waals surface area contributed by atoms with Crippen molar-refractivity contribution in [3.8, 4) is 0 Å². The standard InChI is InChI=1S/3C2H6.B.H3N.H3P/c3*1-2;;;/h3*1-2H3;;2*1H3. The minimum absolute atomic E-state index is 0. The first-order valence-corrected chi connectivity index (χ1v) is 3.00. The second-order valence-corrected chi connectivity index (χ2v) is 0. The predicted octanol–water partition coefficient (Wildman–Crippen LogP) is 2.92. The minimum Gasteiger partial charge on any atom is -0.344 e. The van der Waals surface area contributed by atoms with Crippen LogP contribution >= 0.6 is 9.90 Å². The summed E-state index contributed by atoms with van der Waals surface area (Å²) in [5.41, 5.74) is 0. The van der Waals surface area contributed by atoms with Crippen molar-refractivity contribution in [1.29, 1.82) is 0 Å². The molecule has 0 heterocycles. The molecule has 1 atom stereocenters. The van der Waals surface area contributed by atoms with Crippen molar-refractivity contribution < 1.29 is 0 Å². The van der Waals surface area contributed by atoms with Crippen LogP contribution in [-0.4, -0.2) is 8.41 Å². The zero-order valence-electron chi connectivity index (χ0n) is 7.99. The minimum atomic E-state index is 0. The molecular formula is C6H24BNP. The Balaban J connectivity index is -0.00000000321. The number of hydrogen-bond donors (Lipinski definition) is 1. The van der Waals surface area contributed by atoms with Gasteiger partial charge in [-0.2, -0.15) is 9.90 Å². The Kier molecular flexibility index (Phi) is 14300. The smallest absolute Gasteiger partial charge is 0 e. The summed E-state index contributed by atoms with van der Waals surface area (Å²) in [6.07, 6.45) is 0. The van der Waals surface area contributed by atoms with Crippen molar-refractivity contribution in [1.82, 2.24) is 6.15 Å². The quantitative estimate of drug-likeness (QED) is 0.420. The van der Waals surface area contributed by atoms with E-state index in [0.717, 1.165) is 0 Å². The van der Waals surface area contributed by atoms with Gasteiger partial charge in [0.25, 0.3) is 0 Å². The molecule has 9 heavy (non-hydrogen) atoms. The Morgan fingerprint density at radius 2 is 0.556 bits per heavy atom. The molecule has 0 amide bonds. The van der Waals surface area contributed by atoms with Crippen molar-refractivity contribution >= 4 is 18.3 Å². The lowest BCUT2D eigenvalue weighted by Crippen LogP contribution is -0.856. The Morgan fingerprint density at radius 1 is 0.556 bits per heavy atom. The van der Waals surface area contributed by atoms with Crippen molar-refractivity contribution in [2.45, 2.75) is 41.5 Å². The summed E-state index contributed by atoms with van der Waals surface area (Å²) in [4.78, 5) is 0. The van der Waals surface area contributed by atoms with Gasteiger partial charge in [0.05, 0.1) is 0 Å². The van der Waals surface area contributed by atoms with Crippen LogP contribution in [0.2, 0.25) is 0 Å². The highest BCUT2D eigenvalue weighted by atomic mass is 31.0. The monoisotopic (exact) mass is 152 g/mol. The lowest BCUT2D eigenvalue weighted by molar-refractivity contribution is 1.50. The highest BCUT2D eigenvalue weighted by molar-refractivity contribution is 6.92.